The van der Waals surface area contributed by atoms with Crippen LogP contribution in [0.1, 0.15) is 30.6 Å². The van der Waals surface area contributed by atoms with E-state index in [9.17, 15) is 24.5 Å². The number of carbonyl (C=O) groups excluding carboxylic acids is 3. The molecule has 0 unspecified atom stereocenters. The number of esters is 1. The molecule has 1 fully saturated rings. The number of nitrogens with one attached hydrogen (secondary N) is 1. The molecule has 1 aliphatic rings. The highest BCUT2D eigenvalue weighted by molar-refractivity contribution is 5.94. The summed E-state index contributed by atoms with van der Waals surface area (Å²) in [6.45, 7) is 4.31. The highest BCUT2D eigenvalue weighted by Gasteiger charge is 2.26. The van der Waals surface area contributed by atoms with Crippen LogP contribution in [0.3, 0.4) is 0 Å². The minimum atomic E-state index is -0.605. The smallest absolute Gasteiger partial charge is 0.308 e. The first-order chi connectivity index (χ1) is 13.3. The number of hydrogen-bond donors (Lipinski definition) is 1. The molecule has 0 aliphatic carbocycles. The second kappa shape index (κ2) is 9.79. The van der Waals surface area contributed by atoms with Crippen LogP contribution in [0.25, 0.3) is 0 Å². The minimum absolute atomic E-state index is 0.0223. The summed E-state index contributed by atoms with van der Waals surface area (Å²) in [7, 11) is 0. The molecule has 2 amide bonds. The van der Waals surface area contributed by atoms with Crippen LogP contribution in [0.15, 0.2) is 24.3 Å². The van der Waals surface area contributed by atoms with Crippen molar-refractivity contribution in [2.75, 3.05) is 26.2 Å². The van der Waals surface area contributed by atoms with Gasteiger partial charge in [-0.25, -0.2) is 0 Å². The van der Waals surface area contributed by atoms with Crippen molar-refractivity contribution < 1.29 is 28.8 Å². The Balaban J connectivity index is 1.68. The molecule has 10 heteroatoms. The number of ether oxygens (including phenoxy) is 2. The average molecular weight is 393 g/mol. The number of amides is 2. The van der Waals surface area contributed by atoms with E-state index in [4.69, 9.17) is 9.47 Å². The predicted molar refractivity (Wildman–Crippen MR) is 97.6 cm³/mol. The molecule has 10 nitrogen and oxygen atoms in total. The van der Waals surface area contributed by atoms with Gasteiger partial charge in [0.2, 0.25) is 0 Å². The Kier molecular flexibility index (Phi) is 7.44. The predicted octanol–water partition coefficient (Wildman–Crippen LogP) is 0.894. The number of morpholine rings is 1. The van der Waals surface area contributed by atoms with Crippen molar-refractivity contribution in [2.45, 2.75) is 32.5 Å². The SMILES string of the molecule is C[C@@H]1CN(C(=O)COC(=O)CCNC(=O)c2ccc([N+](=O)[O-])cc2)C[C@H](C)O1. The van der Waals surface area contributed by atoms with E-state index in [1.54, 1.807) is 4.90 Å². The Bertz CT molecular complexity index is 725. The summed E-state index contributed by atoms with van der Waals surface area (Å²) in [5.74, 6) is -1.35. The Morgan fingerprint density at radius 1 is 1.21 bits per heavy atom. The summed E-state index contributed by atoms with van der Waals surface area (Å²) in [5.41, 5.74) is 0.124. The van der Waals surface area contributed by atoms with Gasteiger partial charge in [-0.3, -0.25) is 24.5 Å². The van der Waals surface area contributed by atoms with Gasteiger partial charge < -0.3 is 19.7 Å². The van der Waals surface area contributed by atoms with E-state index >= 15 is 0 Å². The third-order valence-electron chi connectivity index (χ3n) is 4.08. The molecule has 1 aromatic rings. The monoisotopic (exact) mass is 393 g/mol. The number of nitro groups is 1. The van der Waals surface area contributed by atoms with E-state index in [-0.39, 0.29) is 48.9 Å². The zero-order chi connectivity index (χ0) is 20.7. The van der Waals surface area contributed by atoms with Gasteiger partial charge >= 0.3 is 5.97 Å². The zero-order valence-corrected chi connectivity index (χ0v) is 15.8. The van der Waals surface area contributed by atoms with Crippen molar-refractivity contribution in [2.24, 2.45) is 0 Å². The molecule has 1 heterocycles. The molecule has 0 saturated carbocycles. The largest absolute Gasteiger partial charge is 0.456 e. The van der Waals surface area contributed by atoms with E-state index in [2.05, 4.69) is 5.32 Å². The highest BCUT2D eigenvalue weighted by Crippen LogP contribution is 2.12. The lowest BCUT2D eigenvalue weighted by Crippen LogP contribution is -2.49. The summed E-state index contributed by atoms with van der Waals surface area (Å²) >= 11 is 0. The van der Waals surface area contributed by atoms with Gasteiger partial charge in [-0.05, 0) is 26.0 Å². The van der Waals surface area contributed by atoms with Crippen molar-refractivity contribution in [3.05, 3.63) is 39.9 Å². The van der Waals surface area contributed by atoms with E-state index in [0.717, 1.165) is 0 Å². The number of nitrogens with zero attached hydrogens (tertiary/aromatic N) is 2. The van der Waals surface area contributed by atoms with E-state index in [1.807, 2.05) is 13.8 Å². The van der Waals surface area contributed by atoms with E-state index in [1.165, 1.54) is 24.3 Å². The summed E-state index contributed by atoms with van der Waals surface area (Å²) in [5, 5.41) is 13.1. The van der Waals surface area contributed by atoms with Crippen LogP contribution in [0.4, 0.5) is 5.69 Å². The van der Waals surface area contributed by atoms with Crippen molar-refractivity contribution >= 4 is 23.5 Å². The molecule has 0 radical (unpaired) electrons. The first-order valence-electron chi connectivity index (χ1n) is 8.87. The van der Waals surface area contributed by atoms with Crippen LogP contribution in [-0.4, -0.2) is 66.1 Å². The van der Waals surface area contributed by atoms with Gasteiger partial charge in [0.1, 0.15) is 0 Å². The van der Waals surface area contributed by atoms with Crippen LogP contribution >= 0.6 is 0 Å². The van der Waals surface area contributed by atoms with Crippen LogP contribution in [0.2, 0.25) is 0 Å². The second-order valence-electron chi connectivity index (χ2n) is 6.53. The molecular weight excluding hydrogens is 370 g/mol. The first kappa shape index (κ1) is 21.3. The Morgan fingerprint density at radius 3 is 2.39 bits per heavy atom. The third kappa shape index (κ3) is 6.31. The number of carbonyl (C=O) groups is 3. The quantitative estimate of drug-likeness (QED) is 0.414. The summed E-state index contributed by atoms with van der Waals surface area (Å²) in [6.07, 6.45) is -0.238. The lowest BCUT2D eigenvalue weighted by molar-refractivity contribution is -0.384. The maximum atomic E-state index is 12.1. The lowest BCUT2D eigenvalue weighted by atomic mass is 10.2. The van der Waals surface area contributed by atoms with Crippen molar-refractivity contribution in [1.29, 1.82) is 0 Å². The molecule has 2 rings (SSSR count). The molecule has 0 aromatic heterocycles. The third-order valence-corrected chi connectivity index (χ3v) is 4.08. The molecule has 1 aliphatic heterocycles. The molecule has 1 N–H and O–H groups in total. The number of non-ortho nitro benzene ring substituents is 1. The van der Waals surface area contributed by atoms with Gasteiger partial charge in [-0.2, -0.15) is 0 Å². The minimum Gasteiger partial charge on any atom is -0.456 e. The topological polar surface area (TPSA) is 128 Å². The molecule has 0 bridgehead atoms. The van der Waals surface area contributed by atoms with Gasteiger partial charge in [0.15, 0.2) is 6.61 Å². The second-order valence-corrected chi connectivity index (χ2v) is 6.53. The zero-order valence-electron chi connectivity index (χ0n) is 15.8. The molecule has 1 saturated heterocycles. The van der Waals surface area contributed by atoms with Crippen LogP contribution in [0.5, 0.6) is 0 Å². The lowest BCUT2D eigenvalue weighted by Gasteiger charge is -2.35. The fourth-order valence-corrected chi connectivity index (χ4v) is 2.80. The fraction of sp³-hybridized carbons (Fsp3) is 0.500. The van der Waals surface area contributed by atoms with Crippen molar-refractivity contribution in [3.63, 3.8) is 0 Å². The first-order valence-corrected chi connectivity index (χ1v) is 8.87. The van der Waals surface area contributed by atoms with Crippen LogP contribution in [0, 0.1) is 10.1 Å². The van der Waals surface area contributed by atoms with Crippen LogP contribution in [-0.2, 0) is 19.1 Å². The maximum Gasteiger partial charge on any atom is 0.308 e. The van der Waals surface area contributed by atoms with Gasteiger partial charge in [0.05, 0.1) is 23.6 Å². The molecule has 0 spiro atoms. The molecule has 152 valence electrons. The van der Waals surface area contributed by atoms with Crippen molar-refractivity contribution in [3.8, 4) is 0 Å². The Morgan fingerprint density at radius 2 is 1.82 bits per heavy atom. The molecule has 2 atom stereocenters. The van der Waals surface area contributed by atoms with Gasteiger partial charge in [0, 0.05) is 37.3 Å². The van der Waals surface area contributed by atoms with E-state index < -0.39 is 16.8 Å². The van der Waals surface area contributed by atoms with Crippen LogP contribution < -0.4 is 5.32 Å². The van der Waals surface area contributed by atoms with Gasteiger partial charge in [-0.15, -0.1) is 0 Å². The fourth-order valence-electron chi connectivity index (χ4n) is 2.80. The number of rotatable bonds is 7. The van der Waals surface area contributed by atoms with Gasteiger partial charge in [0.25, 0.3) is 17.5 Å². The normalized spacial score (nSPS) is 19.0. The standard InChI is InChI=1S/C18H23N3O7/c1-12-9-20(10-13(2)28-12)16(22)11-27-17(23)7-8-19-18(24)14-3-5-15(6-4-14)21(25)26/h3-6,12-13H,7-11H2,1-2H3,(H,19,24)/t12-,13+. The van der Waals surface area contributed by atoms with Crippen molar-refractivity contribution in [1.82, 2.24) is 10.2 Å². The Labute approximate surface area is 161 Å². The summed E-state index contributed by atoms with van der Waals surface area (Å²) in [6, 6.07) is 5.10. The summed E-state index contributed by atoms with van der Waals surface area (Å²) < 4.78 is 10.5. The molecule has 28 heavy (non-hydrogen) atoms. The number of benzene rings is 1. The molecular formula is C18H23N3O7. The highest BCUT2D eigenvalue weighted by atomic mass is 16.6. The summed E-state index contributed by atoms with van der Waals surface area (Å²) in [4.78, 5) is 47.4. The maximum absolute atomic E-state index is 12.1. The molecule has 1 aromatic carbocycles. The van der Waals surface area contributed by atoms with E-state index in [0.29, 0.717) is 13.1 Å². The number of hydrogen-bond acceptors (Lipinski definition) is 7. The number of nitro benzene ring substituents is 1. The van der Waals surface area contributed by atoms with Gasteiger partial charge in [-0.1, -0.05) is 0 Å². The Hall–Kier alpha value is -3.01. The average Bonchev–Trinajstić information content (AvgIpc) is 2.65.